The Balaban J connectivity index is 1.72. The van der Waals surface area contributed by atoms with E-state index in [1.54, 1.807) is 6.20 Å². The molecular weight excluding hydrogens is 276 g/mol. The van der Waals surface area contributed by atoms with E-state index in [0.717, 1.165) is 24.1 Å². The van der Waals surface area contributed by atoms with E-state index < -0.39 is 0 Å². The lowest BCUT2D eigenvalue weighted by atomic mass is 10.1. The number of rotatable bonds is 6. The molecule has 0 aliphatic carbocycles. The van der Waals surface area contributed by atoms with Crippen LogP contribution in [0.1, 0.15) is 30.3 Å². The van der Waals surface area contributed by atoms with E-state index in [9.17, 15) is 4.79 Å². The Bertz CT molecular complexity index is 621. The molecule has 2 heterocycles. The molecule has 0 saturated carbocycles. The summed E-state index contributed by atoms with van der Waals surface area (Å²) in [6, 6.07) is 8.00. The normalized spacial score (nSPS) is 12.0. The summed E-state index contributed by atoms with van der Waals surface area (Å²) >= 11 is 0. The Labute approximate surface area is 131 Å². The van der Waals surface area contributed by atoms with E-state index in [-0.39, 0.29) is 12.1 Å². The first-order valence-corrected chi connectivity index (χ1v) is 7.61. The van der Waals surface area contributed by atoms with Crippen LogP contribution in [0.3, 0.4) is 0 Å². The maximum Gasteiger partial charge on any atom is 0.315 e. The average molecular weight is 300 g/mol. The van der Waals surface area contributed by atoms with Crippen LogP contribution in [0, 0.1) is 6.92 Å². The molecule has 0 unspecified atom stereocenters. The number of nitrogens with zero attached hydrogens (tertiary/aromatic N) is 2. The monoisotopic (exact) mass is 300 g/mol. The lowest BCUT2D eigenvalue weighted by molar-refractivity contribution is 0.236. The number of amides is 2. The van der Waals surface area contributed by atoms with E-state index in [1.807, 2.05) is 45.3 Å². The van der Waals surface area contributed by atoms with Gasteiger partial charge in [0.2, 0.25) is 0 Å². The molecule has 0 aromatic carbocycles. The van der Waals surface area contributed by atoms with Crippen LogP contribution in [-0.2, 0) is 20.0 Å². The minimum absolute atomic E-state index is 0.125. The summed E-state index contributed by atoms with van der Waals surface area (Å²) in [5.74, 6) is 0. The van der Waals surface area contributed by atoms with Crippen molar-refractivity contribution in [2.45, 2.75) is 39.3 Å². The zero-order chi connectivity index (χ0) is 15.9. The highest BCUT2D eigenvalue weighted by Crippen LogP contribution is 2.06. The summed E-state index contributed by atoms with van der Waals surface area (Å²) < 4.78 is 2.11. The van der Waals surface area contributed by atoms with Crippen LogP contribution in [0.25, 0.3) is 0 Å². The predicted molar refractivity (Wildman–Crippen MR) is 87.5 cm³/mol. The zero-order valence-corrected chi connectivity index (χ0v) is 13.5. The molecule has 1 atom stereocenters. The van der Waals surface area contributed by atoms with Gasteiger partial charge in [-0.05, 0) is 50.5 Å². The van der Waals surface area contributed by atoms with E-state index in [4.69, 9.17) is 0 Å². The molecule has 2 rings (SSSR count). The molecule has 118 valence electrons. The van der Waals surface area contributed by atoms with Crippen molar-refractivity contribution in [2.75, 3.05) is 0 Å². The third-order valence-corrected chi connectivity index (χ3v) is 3.80. The first kappa shape index (κ1) is 16.1. The van der Waals surface area contributed by atoms with Crippen molar-refractivity contribution >= 4 is 6.03 Å². The largest absolute Gasteiger partial charge is 0.354 e. The Morgan fingerprint density at radius 3 is 2.86 bits per heavy atom. The number of pyridine rings is 1. The van der Waals surface area contributed by atoms with Crippen molar-refractivity contribution in [3.05, 3.63) is 53.6 Å². The van der Waals surface area contributed by atoms with Crippen molar-refractivity contribution in [3.8, 4) is 0 Å². The Morgan fingerprint density at radius 2 is 2.18 bits per heavy atom. The van der Waals surface area contributed by atoms with Crippen LogP contribution < -0.4 is 10.6 Å². The van der Waals surface area contributed by atoms with E-state index >= 15 is 0 Å². The van der Waals surface area contributed by atoms with Gasteiger partial charge in [0.25, 0.3) is 0 Å². The number of carbonyl (C=O) groups excluding carboxylic acids is 1. The SMILES string of the molecule is Cc1cccnc1CNC(=O)N[C@@H](C)CCc1cccn1C. The van der Waals surface area contributed by atoms with Crippen molar-refractivity contribution in [1.29, 1.82) is 0 Å². The smallest absolute Gasteiger partial charge is 0.315 e. The molecule has 2 N–H and O–H groups in total. The molecule has 0 fully saturated rings. The van der Waals surface area contributed by atoms with Crippen LogP contribution >= 0.6 is 0 Å². The molecular formula is C17H24N4O. The van der Waals surface area contributed by atoms with Gasteiger partial charge >= 0.3 is 6.03 Å². The summed E-state index contributed by atoms with van der Waals surface area (Å²) in [5, 5.41) is 5.82. The molecule has 0 aliphatic rings. The number of hydrogen-bond acceptors (Lipinski definition) is 2. The second kappa shape index (κ2) is 7.64. The molecule has 5 heteroatoms. The van der Waals surface area contributed by atoms with Gasteiger partial charge in [-0.25, -0.2) is 4.79 Å². The summed E-state index contributed by atoms with van der Waals surface area (Å²) in [6.45, 7) is 4.46. The summed E-state index contributed by atoms with van der Waals surface area (Å²) in [6.07, 6.45) is 5.64. The molecule has 2 amide bonds. The molecule has 0 spiro atoms. The summed E-state index contributed by atoms with van der Waals surface area (Å²) in [4.78, 5) is 16.2. The summed E-state index contributed by atoms with van der Waals surface area (Å²) in [5.41, 5.74) is 3.26. The third-order valence-electron chi connectivity index (χ3n) is 3.80. The predicted octanol–water partition coefficient (Wildman–Crippen LogP) is 2.55. The molecule has 0 aliphatic heterocycles. The standard InChI is InChI=1S/C17H24N4O/c1-13-6-4-10-18-16(13)12-19-17(22)20-14(2)8-9-15-7-5-11-21(15)3/h4-7,10-11,14H,8-9,12H2,1-3H3,(H2,19,20,22)/t14-/m0/s1. The quantitative estimate of drug-likeness (QED) is 0.861. The van der Waals surface area contributed by atoms with Crippen LogP contribution in [-0.4, -0.2) is 21.6 Å². The van der Waals surface area contributed by atoms with Gasteiger partial charge in [-0.1, -0.05) is 6.07 Å². The van der Waals surface area contributed by atoms with Gasteiger partial charge in [0.05, 0.1) is 12.2 Å². The van der Waals surface area contributed by atoms with Gasteiger partial charge in [0.1, 0.15) is 0 Å². The number of aryl methyl sites for hydroxylation is 3. The second-order valence-electron chi connectivity index (χ2n) is 5.64. The third kappa shape index (κ3) is 4.62. The molecule has 22 heavy (non-hydrogen) atoms. The molecule has 2 aromatic rings. The first-order valence-electron chi connectivity index (χ1n) is 7.61. The van der Waals surface area contributed by atoms with Crippen molar-refractivity contribution in [3.63, 3.8) is 0 Å². The highest BCUT2D eigenvalue weighted by atomic mass is 16.2. The minimum Gasteiger partial charge on any atom is -0.354 e. The van der Waals surface area contributed by atoms with Crippen LogP contribution in [0.4, 0.5) is 4.79 Å². The molecule has 0 radical (unpaired) electrons. The fraction of sp³-hybridized carbons (Fsp3) is 0.412. The lowest BCUT2D eigenvalue weighted by Gasteiger charge is -2.15. The molecule has 5 nitrogen and oxygen atoms in total. The number of hydrogen-bond donors (Lipinski definition) is 2. The van der Waals surface area contributed by atoms with Gasteiger partial charge in [0, 0.05) is 31.2 Å². The maximum absolute atomic E-state index is 11.9. The van der Waals surface area contributed by atoms with E-state index in [1.165, 1.54) is 5.69 Å². The minimum atomic E-state index is -0.149. The second-order valence-corrected chi connectivity index (χ2v) is 5.64. The summed E-state index contributed by atoms with van der Waals surface area (Å²) in [7, 11) is 2.04. The average Bonchev–Trinajstić information content (AvgIpc) is 2.89. The number of urea groups is 1. The Morgan fingerprint density at radius 1 is 1.36 bits per heavy atom. The van der Waals surface area contributed by atoms with Gasteiger partial charge < -0.3 is 15.2 Å². The van der Waals surface area contributed by atoms with Crippen LogP contribution in [0.2, 0.25) is 0 Å². The van der Waals surface area contributed by atoms with Crippen LogP contribution in [0.5, 0.6) is 0 Å². The number of aromatic nitrogens is 2. The lowest BCUT2D eigenvalue weighted by Crippen LogP contribution is -2.40. The number of nitrogens with one attached hydrogen (secondary N) is 2. The zero-order valence-electron chi connectivity index (χ0n) is 13.5. The van der Waals surface area contributed by atoms with Gasteiger partial charge in [-0.2, -0.15) is 0 Å². The molecule has 0 saturated heterocycles. The van der Waals surface area contributed by atoms with E-state index in [0.29, 0.717) is 6.54 Å². The molecule has 2 aromatic heterocycles. The maximum atomic E-state index is 11.9. The van der Waals surface area contributed by atoms with E-state index in [2.05, 4.69) is 26.3 Å². The molecule has 0 bridgehead atoms. The van der Waals surface area contributed by atoms with Gasteiger partial charge in [0.15, 0.2) is 0 Å². The van der Waals surface area contributed by atoms with Crippen molar-refractivity contribution in [1.82, 2.24) is 20.2 Å². The fourth-order valence-corrected chi connectivity index (χ4v) is 2.34. The van der Waals surface area contributed by atoms with Gasteiger partial charge in [-0.15, -0.1) is 0 Å². The Hall–Kier alpha value is -2.30. The first-order chi connectivity index (χ1) is 10.6. The fourth-order valence-electron chi connectivity index (χ4n) is 2.34. The Kier molecular flexibility index (Phi) is 5.58. The van der Waals surface area contributed by atoms with Crippen LogP contribution in [0.15, 0.2) is 36.7 Å². The van der Waals surface area contributed by atoms with Crippen molar-refractivity contribution in [2.24, 2.45) is 7.05 Å². The van der Waals surface area contributed by atoms with Gasteiger partial charge in [-0.3, -0.25) is 4.98 Å². The van der Waals surface area contributed by atoms with Crippen molar-refractivity contribution < 1.29 is 4.79 Å². The topological polar surface area (TPSA) is 59.0 Å². The highest BCUT2D eigenvalue weighted by molar-refractivity contribution is 5.74. The number of carbonyl (C=O) groups is 1. The highest BCUT2D eigenvalue weighted by Gasteiger charge is 2.09.